The van der Waals surface area contributed by atoms with Gasteiger partial charge in [0, 0.05) is 12.1 Å². The predicted molar refractivity (Wildman–Crippen MR) is 62.0 cm³/mol. The van der Waals surface area contributed by atoms with Crippen molar-refractivity contribution < 1.29 is 0 Å². The maximum atomic E-state index is 4.22. The largest absolute Gasteiger partial charge is 0.315 e. The average Bonchev–Trinajstić information content (AvgIpc) is 3.01. The van der Waals surface area contributed by atoms with Crippen molar-refractivity contribution in [3.8, 4) is 11.3 Å². The molecule has 1 aromatic heterocycles. The minimum atomic E-state index is 0.463. The van der Waals surface area contributed by atoms with Crippen LogP contribution in [0, 0.1) is 0 Å². The molecule has 0 spiro atoms. The second-order valence-electron chi connectivity index (χ2n) is 4.10. The zero-order valence-electron chi connectivity index (χ0n) is 9.00. The highest BCUT2D eigenvalue weighted by molar-refractivity contribution is 5.57. The molecule has 1 aliphatic heterocycles. The van der Waals surface area contributed by atoms with Crippen LogP contribution in [0.1, 0.15) is 12.5 Å². The lowest BCUT2D eigenvalue weighted by atomic mass is 10.2. The maximum Gasteiger partial charge on any atom is 0.113 e. The van der Waals surface area contributed by atoms with Crippen molar-refractivity contribution in [1.29, 1.82) is 0 Å². The van der Waals surface area contributed by atoms with E-state index in [1.807, 2.05) is 29.1 Å². The Hall–Kier alpha value is -1.68. The topological polar surface area (TPSA) is 42.7 Å². The summed E-state index contributed by atoms with van der Waals surface area (Å²) in [5.74, 6) is 0. The smallest absolute Gasteiger partial charge is 0.113 e. The molecule has 0 aliphatic carbocycles. The molecule has 2 heterocycles. The van der Waals surface area contributed by atoms with E-state index in [4.69, 9.17) is 0 Å². The Kier molecular flexibility index (Phi) is 2.42. The zero-order valence-corrected chi connectivity index (χ0v) is 9.00. The van der Waals surface area contributed by atoms with Crippen molar-refractivity contribution in [2.24, 2.45) is 0 Å². The molecule has 1 N–H and O–H groups in total. The maximum absolute atomic E-state index is 4.22. The van der Waals surface area contributed by atoms with Crippen LogP contribution in [0.15, 0.2) is 36.5 Å². The van der Waals surface area contributed by atoms with Crippen LogP contribution in [0.3, 0.4) is 0 Å². The first-order valence-electron chi connectivity index (χ1n) is 5.61. The Morgan fingerprint density at radius 2 is 2.12 bits per heavy atom. The molecule has 0 unspecified atom stereocenters. The molecule has 1 aromatic carbocycles. The van der Waals surface area contributed by atoms with E-state index in [0.717, 1.165) is 30.8 Å². The van der Waals surface area contributed by atoms with Crippen molar-refractivity contribution in [3.05, 3.63) is 36.5 Å². The van der Waals surface area contributed by atoms with Gasteiger partial charge in [0.2, 0.25) is 0 Å². The fraction of sp³-hybridized carbons (Fsp3) is 0.333. The minimum absolute atomic E-state index is 0.463. The monoisotopic (exact) mass is 214 g/mol. The van der Waals surface area contributed by atoms with Gasteiger partial charge in [0.15, 0.2) is 0 Å². The highest BCUT2D eigenvalue weighted by Gasteiger charge is 2.17. The molecule has 1 aliphatic rings. The summed E-state index contributed by atoms with van der Waals surface area (Å²) < 4.78 is 1.97. The van der Waals surface area contributed by atoms with Gasteiger partial charge in [-0.15, -0.1) is 5.10 Å². The summed E-state index contributed by atoms with van der Waals surface area (Å²) in [5.41, 5.74) is 2.08. The molecular formula is C12H14N4. The van der Waals surface area contributed by atoms with Gasteiger partial charge in [-0.2, -0.15) is 0 Å². The van der Waals surface area contributed by atoms with E-state index >= 15 is 0 Å². The highest BCUT2D eigenvalue weighted by Crippen LogP contribution is 2.19. The highest BCUT2D eigenvalue weighted by atomic mass is 15.4. The van der Waals surface area contributed by atoms with Gasteiger partial charge in [-0.05, 0) is 13.0 Å². The Labute approximate surface area is 94.3 Å². The number of benzene rings is 1. The standard InChI is InChI=1S/C12H14N4/c1-2-4-10(5-3-1)12-9-16(15-14-12)11-6-7-13-8-11/h1-5,9,11,13H,6-8H2/t11-/m1/s1. The minimum Gasteiger partial charge on any atom is -0.315 e. The molecule has 16 heavy (non-hydrogen) atoms. The number of hydrogen-bond acceptors (Lipinski definition) is 3. The quantitative estimate of drug-likeness (QED) is 0.823. The Balaban J connectivity index is 1.87. The summed E-state index contributed by atoms with van der Waals surface area (Å²) in [6.45, 7) is 2.07. The number of aromatic nitrogens is 3. The van der Waals surface area contributed by atoms with E-state index in [0.29, 0.717) is 6.04 Å². The van der Waals surface area contributed by atoms with Crippen LogP contribution in [0.2, 0.25) is 0 Å². The van der Waals surface area contributed by atoms with Crippen LogP contribution in [0.4, 0.5) is 0 Å². The Morgan fingerprint density at radius 3 is 2.88 bits per heavy atom. The third-order valence-electron chi connectivity index (χ3n) is 2.99. The second-order valence-corrected chi connectivity index (χ2v) is 4.10. The molecule has 4 heteroatoms. The summed E-state index contributed by atoms with van der Waals surface area (Å²) in [4.78, 5) is 0. The van der Waals surface area contributed by atoms with Crippen LogP contribution in [-0.2, 0) is 0 Å². The molecule has 1 atom stereocenters. The van der Waals surface area contributed by atoms with E-state index in [-0.39, 0.29) is 0 Å². The van der Waals surface area contributed by atoms with Gasteiger partial charge in [0.25, 0.3) is 0 Å². The summed E-state index contributed by atoms with van der Waals surface area (Å²) in [5, 5.41) is 11.7. The summed E-state index contributed by atoms with van der Waals surface area (Å²) in [7, 11) is 0. The van der Waals surface area contributed by atoms with E-state index < -0.39 is 0 Å². The van der Waals surface area contributed by atoms with Crippen LogP contribution >= 0.6 is 0 Å². The van der Waals surface area contributed by atoms with Crippen LogP contribution in [-0.4, -0.2) is 28.1 Å². The molecule has 0 saturated carbocycles. The van der Waals surface area contributed by atoms with Gasteiger partial charge < -0.3 is 5.32 Å². The first kappa shape index (κ1) is 9.54. The fourth-order valence-electron chi connectivity index (χ4n) is 2.06. The second kappa shape index (κ2) is 4.06. The van der Waals surface area contributed by atoms with Crippen molar-refractivity contribution in [2.45, 2.75) is 12.5 Å². The number of rotatable bonds is 2. The van der Waals surface area contributed by atoms with Gasteiger partial charge in [-0.3, -0.25) is 0 Å². The zero-order chi connectivity index (χ0) is 10.8. The molecule has 2 aromatic rings. The van der Waals surface area contributed by atoms with Crippen molar-refractivity contribution in [3.63, 3.8) is 0 Å². The normalized spacial score (nSPS) is 20.1. The molecule has 1 fully saturated rings. The first-order chi connectivity index (χ1) is 7.93. The van der Waals surface area contributed by atoms with Gasteiger partial charge in [0.05, 0.1) is 12.2 Å². The lowest BCUT2D eigenvalue weighted by Crippen LogP contribution is -2.13. The van der Waals surface area contributed by atoms with Crippen LogP contribution in [0.5, 0.6) is 0 Å². The Morgan fingerprint density at radius 1 is 1.25 bits per heavy atom. The third kappa shape index (κ3) is 1.72. The summed E-state index contributed by atoms with van der Waals surface area (Å²) in [6.07, 6.45) is 3.17. The van der Waals surface area contributed by atoms with E-state index in [2.05, 4.69) is 27.8 Å². The molecule has 0 radical (unpaired) electrons. The summed E-state index contributed by atoms with van der Waals surface area (Å²) >= 11 is 0. The third-order valence-corrected chi connectivity index (χ3v) is 2.99. The average molecular weight is 214 g/mol. The van der Waals surface area contributed by atoms with Gasteiger partial charge in [0.1, 0.15) is 5.69 Å². The molecule has 4 nitrogen and oxygen atoms in total. The lowest BCUT2D eigenvalue weighted by molar-refractivity contribution is 0.476. The van der Waals surface area contributed by atoms with E-state index in [9.17, 15) is 0 Å². The molecule has 1 saturated heterocycles. The molecule has 0 bridgehead atoms. The summed E-state index contributed by atoms with van der Waals surface area (Å²) in [6, 6.07) is 10.6. The molecule has 82 valence electrons. The van der Waals surface area contributed by atoms with Crippen molar-refractivity contribution in [2.75, 3.05) is 13.1 Å². The predicted octanol–water partition coefficient (Wildman–Crippen LogP) is 1.48. The first-order valence-corrected chi connectivity index (χ1v) is 5.61. The number of hydrogen-bond donors (Lipinski definition) is 1. The van der Waals surface area contributed by atoms with Crippen molar-refractivity contribution in [1.82, 2.24) is 20.3 Å². The SMILES string of the molecule is c1ccc(-c2cn([C@@H]3CCNC3)nn2)cc1. The Bertz CT molecular complexity index is 457. The van der Waals surface area contributed by atoms with Gasteiger partial charge in [-0.25, -0.2) is 4.68 Å². The van der Waals surface area contributed by atoms with Crippen molar-refractivity contribution >= 4 is 0 Å². The van der Waals surface area contributed by atoms with Gasteiger partial charge >= 0.3 is 0 Å². The lowest BCUT2D eigenvalue weighted by Gasteiger charge is -2.05. The molecular weight excluding hydrogens is 200 g/mol. The molecule has 0 amide bonds. The number of nitrogens with one attached hydrogen (secondary N) is 1. The van der Waals surface area contributed by atoms with Crippen LogP contribution < -0.4 is 5.32 Å². The molecule has 3 rings (SSSR count). The van der Waals surface area contributed by atoms with E-state index in [1.165, 1.54) is 0 Å². The van der Waals surface area contributed by atoms with Gasteiger partial charge in [-0.1, -0.05) is 35.5 Å². The fourth-order valence-corrected chi connectivity index (χ4v) is 2.06. The van der Waals surface area contributed by atoms with Crippen LogP contribution in [0.25, 0.3) is 11.3 Å². The number of nitrogens with zero attached hydrogens (tertiary/aromatic N) is 3. The van der Waals surface area contributed by atoms with E-state index in [1.54, 1.807) is 0 Å².